The van der Waals surface area contributed by atoms with Crippen molar-refractivity contribution in [3.8, 4) is 0 Å². The van der Waals surface area contributed by atoms with Gasteiger partial charge in [0.1, 0.15) is 0 Å². The van der Waals surface area contributed by atoms with Crippen molar-refractivity contribution in [2.24, 2.45) is 0 Å². The topological polar surface area (TPSA) is 75.6 Å². The normalized spacial score (nSPS) is 24.9. The molecule has 1 aliphatic heterocycles. The summed E-state index contributed by atoms with van der Waals surface area (Å²) in [6.07, 6.45) is -1.80. The Hall–Kier alpha value is -2.04. The summed E-state index contributed by atoms with van der Waals surface area (Å²) in [4.78, 5) is 22.1. The van der Waals surface area contributed by atoms with Gasteiger partial charge in [-0.3, -0.25) is 0 Å². The van der Waals surface area contributed by atoms with Crippen LogP contribution in [0.3, 0.4) is 0 Å². The van der Waals surface area contributed by atoms with Crippen molar-refractivity contribution < 1.29 is 19.4 Å². The average molecular weight is 235 g/mol. The van der Waals surface area contributed by atoms with Gasteiger partial charge in [0.15, 0.2) is 0 Å². The highest BCUT2D eigenvalue weighted by atomic mass is 16.6. The van der Waals surface area contributed by atoms with Crippen LogP contribution >= 0.6 is 0 Å². The molecule has 0 aliphatic carbocycles. The lowest BCUT2D eigenvalue weighted by Gasteiger charge is -2.20. The molecule has 0 unspecified atom stereocenters. The number of amides is 1. The van der Waals surface area contributed by atoms with Gasteiger partial charge >= 0.3 is 12.1 Å². The molecule has 0 radical (unpaired) electrons. The molecule has 90 valence electrons. The molecule has 2 N–H and O–H groups in total. The zero-order valence-electron chi connectivity index (χ0n) is 9.29. The monoisotopic (exact) mass is 235 g/mol. The van der Waals surface area contributed by atoms with Crippen LogP contribution in [-0.2, 0) is 9.53 Å². The van der Waals surface area contributed by atoms with Crippen LogP contribution in [0.1, 0.15) is 18.4 Å². The maximum atomic E-state index is 11.1. The number of rotatable bonds is 3. The van der Waals surface area contributed by atoms with Gasteiger partial charge in [-0.05, 0) is 5.56 Å². The lowest BCUT2D eigenvalue weighted by Crippen LogP contribution is -2.40. The van der Waals surface area contributed by atoms with Crippen LogP contribution in [0.25, 0.3) is 0 Å². The highest BCUT2D eigenvalue weighted by molar-refractivity contribution is 5.82. The number of carboxylic acids is 1. The third-order valence-corrected chi connectivity index (χ3v) is 2.95. The quantitative estimate of drug-likeness (QED) is 0.829. The highest BCUT2D eigenvalue weighted by Crippen LogP contribution is 2.25. The number of alkyl carbamates (subject to hydrolysis) is 1. The number of carboxylic acid groups (broad SMARTS) is 1. The summed E-state index contributed by atoms with van der Waals surface area (Å²) >= 11 is 0. The first-order chi connectivity index (χ1) is 8.09. The van der Waals surface area contributed by atoms with Gasteiger partial charge in [0, 0.05) is 5.92 Å². The summed E-state index contributed by atoms with van der Waals surface area (Å²) in [6.45, 7) is 1.87. The summed E-state index contributed by atoms with van der Waals surface area (Å²) in [7, 11) is 0. The summed E-state index contributed by atoms with van der Waals surface area (Å²) in [5, 5.41) is 11.5. The van der Waals surface area contributed by atoms with E-state index in [0.29, 0.717) is 0 Å². The molecule has 1 aliphatic rings. The lowest BCUT2D eigenvalue weighted by atomic mass is 9.90. The maximum Gasteiger partial charge on any atom is 0.408 e. The Morgan fingerprint density at radius 2 is 2.06 bits per heavy atom. The number of aliphatic carboxylic acids is 1. The molecule has 5 heteroatoms. The Kier molecular flexibility index (Phi) is 2.99. The van der Waals surface area contributed by atoms with Gasteiger partial charge in [0.25, 0.3) is 0 Å². The molecule has 1 fully saturated rings. The van der Waals surface area contributed by atoms with Crippen molar-refractivity contribution in [3.63, 3.8) is 0 Å². The van der Waals surface area contributed by atoms with Crippen molar-refractivity contribution in [2.75, 3.05) is 0 Å². The zero-order chi connectivity index (χ0) is 12.4. The molecule has 5 nitrogen and oxygen atoms in total. The van der Waals surface area contributed by atoms with E-state index >= 15 is 0 Å². The van der Waals surface area contributed by atoms with Crippen LogP contribution in [0, 0.1) is 0 Å². The predicted octanol–water partition coefficient (Wildman–Crippen LogP) is 1.35. The first-order valence-corrected chi connectivity index (χ1v) is 5.34. The van der Waals surface area contributed by atoms with Crippen molar-refractivity contribution in [3.05, 3.63) is 35.9 Å². The SMILES string of the molecule is C[C@@H](c1ccccc1)[C@@H]1NC(=O)O[C@@H]1C(=O)O. The number of hydrogen-bond donors (Lipinski definition) is 2. The van der Waals surface area contributed by atoms with Crippen molar-refractivity contribution in [2.45, 2.75) is 25.0 Å². The van der Waals surface area contributed by atoms with Gasteiger partial charge in [-0.1, -0.05) is 37.3 Å². The molecule has 17 heavy (non-hydrogen) atoms. The van der Waals surface area contributed by atoms with E-state index in [2.05, 4.69) is 5.32 Å². The molecular weight excluding hydrogens is 222 g/mol. The molecule has 0 saturated carbocycles. The lowest BCUT2D eigenvalue weighted by molar-refractivity contribution is -0.146. The maximum absolute atomic E-state index is 11.1. The minimum absolute atomic E-state index is 0.122. The molecule has 1 aromatic carbocycles. The molecule has 3 atom stereocenters. The van der Waals surface area contributed by atoms with Gasteiger partial charge in [-0.25, -0.2) is 9.59 Å². The van der Waals surface area contributed by atoms with E-state index in [1.807, 2.05) is 37.3 Å². The Labute approximate surface area is 98.4 Å². The molecule has 2 rings (SSSR count). The third-order valence-electron chi connectivity index (χ3n) is 2.95. The van der Waals surface area contributed by atoms with Crippen molar-refractivity contribution in [1.29, 1.82) is 0 Å². The second-order valence-corrected chi connectivity index (χ2v) is 4.03. The van der Waals surface area contributed by atoms with Crippen LogP contribution in [0.2, 0.25) is 0 Å². The number of cyclic esters (lactones) is 1. The molecule has 0 bridgehead atoms. The smallest absolute Gasteiger partial charge is 0.408 e. The van der Waals surface area contributed by atoms with Gasteiger partial charge in [-0.15, -0.1) is 0 Å². The molecular formula is C12H13NO4. The first kappa shape index (κ1) is 11.4. The van der Waals surface area contributed by atoms with E-state index < -0.39 is 24.2 Å². The summed E-state index contributed by atoms with van der Waals surface area (Å²) in [5.41, 5.74) is 0.967. The highest BCUT2D eigenvalue weighted by Gasteiger charge is 2.42. The Bertz CT molecular complexity index is 431. The number of carbonyl (C=O) groups excluding carboxylic acids is 1. The number of carbonyl (C=O) groups is 2. The summed E-state index contributed by atoms with van der Waals surface area (Å²) in [5.74, 6) is -1.25. The second kappa shape index (κ2) is 4.45. The zero-order valence-corrected chi connectivity index (χ0v) is 9.29. The number of hydrogen-bond acceptors (Lipinski definition) is 3. The Balaban J connectivity index is 2.21. The van der Waals surface area contributed by atoms with Gasteiger partial charge in [-0.2, -0.15) is 0 Å². The second-order valence-electron chi connectivity index (χ2n) is 4.03. The number of ether oxygens (including phenoxy) is 1. The minimum Gasteiger partial charge on any atom is -0.478 e. The standard InChI is InChI=1S/C12H13NO4/c1-7(8-5-3-2-4-6-8)9-10(11(14)15)17-12(16)13-9/h2-7,9-10H,1H3,(H,13,16)(H,14,15)/t7-,9-,10-/m0/s1. The van der Waals surface area contributed by atoms with Crippen LogP contribution < -0.4 is 5.32 Å². The van der Waals surface area contributed by atoms with Crippen LogP contribution in [-0.4, -0.2) is 29.3 Å². The predicted molar refractivity (Wildman–Crippen MR) is 59.7 cm³/mol. The van der Waals surface area contributed by atoms with Gasteiger partial charge < -0.3 is 15.2 Å². The van der Waals surface area contributed by atoms with E-state index in [1.165, 1.54) is 0 Å². The molecule has 1 aromatic rings. The van der Waals surface area contributed by atoms with Crippen LogP contribution in [0.5, 0.6) is 0 Å². The molecule has 1 saturated heterocycles. The average Bonchev–Trinajstić information content (AvgIpc) is 2.72. The molecule has 1 amide bonds. The summed E-state index contributed by atoms with van der Waals surface area (Å²) in [6, 6.07) is 8.89. The number of benzene rings is 1. The fraction of sp³-hybridized carbons (Fsp3) is 0.333. The summed E-state index contributed by atoms with van der Waals surface area (Å²) < 4.78 is 4.73. The van der Waals surface area contributed by atoms with E-state index in [4.69, 9.17) is 9.84 Å². The largest absolute Gasteiger partial charge is 0.478 e. The minimum atomic E-state index is -1.13. The fourth-order valence-electron chi connectivity index (χ4n) is 1.99. The number of nitrogens with one attached hydrogen (secondary N) is 1. The van der Waals surface area contributed by atoms with Crippen LogP contribution in [0.4, 0.5) is 4.79 Å². The Morgan fingerprint density at radius 3 is 2.65 bits per heavy atom. The first-order valence-electron chi connectivity index (χ1n) is 5.34. The third kappa shape index (κ3) is 2.22. The Morgan fingerprint density at radius 1 is 1.41 bits per heavy atom. The molecule has 0 aromatic heterocycles. The van der Waals surface area contributed by atoms with E-state index in [9.17, 15) is 9.59 Å². The van der Waals surface area contributed by atoms with Crippen LogP contribution in [0.15, 0.2) is 30.3 Å². The van der Waals surface area contributed by atoms with Gasteiger partial charge in [0.2, 0.25) is 6.10 Å². The van der Waals surface area contributed by atoms with Crippen molar-refractivity contribution >= 4 is 12.1 Å². The van der Waals surface area contributed by atoms with Crippen molar-refractivity contribution in [1.82, 2.24) is 5.32 Å². The molecule has 0 spiro atoms. The van der Waals surface area contributed by atoms with Gasteiger partial charge in [0.05, 0.1) is 6.04 Å². The van der Waals surface area contributed by atoms with E-state index in [1.54, 1.807) is 0 Å². The fourth-order valence-corrected chi connectivity index (χ4v) is 1.99. The van der Waals surface area contributed by atoms with E-state index in [-0.39, 0.29) is 5.92 Å². The molecule has 1 heterocycles. The van der Waals surface area contributed by atoms with E-state index in [0.717, 1.165) is 5.56 Å².